The van der Waals surface area contributed by atoms with Crippen LogP contribution >= 0.6 is 0 Å². The third kappa shape index (κ3) is 1.58. The molecule has 0 saturated carbocycles. The first-order valence-corrected chi connectivity index (χ1v) is 6.29. The summed E-state index contributed by atoms with van der Waals surface area (Å²) in [6.45, 7) is 4.88. The molecule has 1 aromatic heterocycles. The van der Waals surface area contributed by atoms with E-state index in [1.165, 1.54) is 0 Å². The Bertz CT molecular complexity index is 498. The molecule has 3 heterocycles. The summed E-state index contributed by atoms with van der Waals surface area (Å²) < 4.78 is 1.70. The van der Waals surface area contributed by atoms with Crippen LogP contribution in [0.4, 0.5) is 11.5 Å². The van der Waals surface area contributed by atoms with Crippen LogP contribution in [0.15, 0.2) is 0 Å². The quantitative estimate of drug-likeness (QED) is 0.624. The first kappa shape index (κ1) is 11.5. The first-order chi connectivity index (χ1) is 8.58. The minimum Gasteiger partial charge on any atom is -0.378 e. The summed E-state index contributed by atoms with van der Waals surface area (Å²) in [4.78, 5) is 13.0. The van der Waals surface area contributed by atoms with Crippen LogP contribution in [0.3, 0.4) is 0 Å². The second-order valence-corrected chi connectivity index (χ2v) is 5.23. The maximum Gasteiger partial charge on any atom is 0.333 e. The van der Waals surface area contributed by atoms with Gasteiger partial charge in [-0.25, -0.2) is 4.68 Å². The SMILES string of the molecule is Cc1nn(C2CCN3CCC2C3)c(N)c1[N+](=O)[O-]. The Morgan fingerprint density at radius 2 is 2.17 bits per heavy atom. The molecule has 3 rings (SSSR count). The second kappa shape index (κ2) is 3.94. The molecular formula is C11H17N5O2. The number of hydrogen-bond acceptors (Lipinski definition) is 5. The van der Waals surface area contributed by atoms with E-state index in [0.717, 1.165) is 32.5 Å². The van der Waals surface area contributed by atoms with Crippen LogP contribution in [0.1, 0.15) is 24.6 Å². The summed E-state index contributed by atoms with van der Waals surface area (Å²) in [6, 6.07) is 0.219. The zero-order valence-electron chi connectivity index (χ0n) is 10.4. The van der Waals surface area contributed by atoms with E-state index in [0.29, 0.717) is 11.6 Å². The molecule has 2 N–H and O–H groups in total. The lowest BCUT2D eigenvalue weighted by Gasteiger charge is -2.30. The number of fused-ring (bicyclic) bond motifs is 2. The Kier molecular flexibility index (Phi) is 2.51. The third-order valence-corrected chi connectivity index (χ3v) is 4.18. The van der Waals surface area contributed by atoms with Gasteiger partial charge in [0.2, 0.25) is 5.82 Å². The monoisotopic (exact) mass is 251 g/mol. The van der Waals surface area contributed by atoms with Crippen molar-refractivity contribution < 1.29 is 4.92 Å². The molecule has 18 heavy (non-hydrogen) atoms. The summed E-state index contributed by atoms with van der Waals surface area (Å²) in [7, 11) is 0. The smallest absolute Gasteiger partial charge is 0.333 e. The van der Waals surface area contributed by atoms with Crippen molar-refractivity contribution in [2.75, 3.05) is 25.4 Å². The van der Waals surface area contributed by atoms with Crippen LogP contribution in [0.5, 0.6) is 0 Å². The third-order valence-electron chi connectivity index (χ3n) is 4.18. The number of anilines is 1. The molecule has 1 aromatic rings. The molecule has 2 aliphatic rings. The highest BCUT2D eigenvalue weighted by atomic mass is 16.6. The van der Waals surface area contributed by atoms with Gasteiger partial charge in [0.1, 0.15) is 5.69 Å². The topological polar surface area (TPSA) is 90.2 Å². The second-order valence-electron chi connectivity index (χ2n) is 5.23. The minimum atomic E-state index is -0.433. The summed E-state index contributed by atoms with van der Waals surface area (Å²) in [5.41, 5.74) is 6.29. The van der Waals surface area contributed by atoms with Gasteiger partial charge in [-0.15, -0.1) is 0 Å². The number of nitrogens with two attached hydrogens (primary N) is 1. The number of aromatic nitrogens is 2. The van der Waals surface area contributed by atoms with Crippen LogP contribution in [-0.4, -0.2) is 39.2 Å². The Hall–Kier alpha value is -1.63. The number of nitro groups is 1. The molecule has 0 radical (unpaired) electrons. The average molecular weight is 251 g/mol. The normalized spacial score (nSPS) is 30.6. The molecule has 2 bridgehead atoms. The number of hydrogen-bond donors (Lipinski definition) is 1. The van der Waals surface area contributed by atoms with Crippen molar-refractivity contribution in [1.29, 1.82) is 0 Å². The lowest BCUT2D eigenvalue weighted by atomic mass is 9.94. The van der Waals surface area contributed by atoms with Gasteiger partial charge in [-0.3, -0.25) is 10.1 Å². The lowest BCUT2D eigenvalue weighted by Crippen LogP contribution is -2.34. The van der Waals surface area contributed by atoms with E-state index in [9.17, 15) is 10.1 Å². The van der Waals surface area contributed by atoms with E-state index < -0.39 is 4.92 Å². The minimum absolute atomic E-state index is 0.0320. The molecule has 2 aliphatic heterocycles. The van der Waals surface area contributed by atoms with Crippen LogP contribution < -0.4 is 5.73 Å². The summed E-state index contributed by atoms with van der Waals surface area (Å²) in [5, 5.41) is 15.3. The fraction of sp³-hybridized carbons (Fsp3) is 0.727. The van der Waals surface area contributed by atoms with Crippen molar-refractivity contribution in [3.63, 3.8) is 0 Å². The van der Waals surface area contributed by atoms with Crippen molar-refractivity contribution in [2.24, 2.45) is 5.92 Å². The number of rotatable bonds is 2. The van der Waals surface area contributed by atoms with Gasteiger partial charge in [-0.1, -0.05) is 0 Å². The van der Waals surface area contributed by atoms with Gasteiger partial charge in [0.15, 0.2) is 0 Å². The molecule has 2 fully saturated rings. The van der Waals surface area contributed by atoms with Crippen LogP contribution in [0, 0.1) is 23.0 Å². The maximum absolute atomic E-state index is 11.0. The number of nitrogen functional groups attached to an aromatic ring is 1. The van der Waals surface area contributed by atoms with Crippen molar-refractivity contribution in [1.82, 2.24) is 14.7 Å². The Morgan fingerprint density at radius 1 is 1.44 bits per heavy atom. The van der Waals surface area contributed by atoms with E-state index >= 15 is 0 Å². The molecule has 3 atom stereocenters. The summed E-state index contributed by atoms with van der Waals surface area (Å²) >= 11 is 0. The van der Waals surface area contributed by atoms with E-state index in [-0.39, 0.29) is 17.5 Å². The Morgan fingerprint density at radius 3 is 2.83 bits per heavy atom. The van der Waals surface area contributed by atoms with Crippen LogP contribution in [0.25, 0.3) is 0 Å². The van der Waals surface area contributed by atoms with Crippen molar-refractivity contribution in [3.8, 4) is 0 Å². The molecule has 0 spiro atoms. The van der Waals surface area contributed by atoms with Gasteiger partial charge >= 0.3 is 5.69 Å². The number of piperidine rings is 1. The largest absolute Gasteiger partial charge is 0.378 e. The van der Waals surface area contributed by atoms with Crippen molar-refractivity contribution >= 4 is 11.5 Å². The fourth-order valence-corrected chi connectivity index (χ4v) is 3.29. The molecule has 7 nitrogen and oxygen atoms in total. The van der Waals surface area contributed by atoms with Gasteiger partial charge in [-0.05, 0) is 32.2 Å². The van der Waals surface area contributed by atoms with Crippen molar-refractivity contribution in [2.45, 2.75) is 25.8 Å². The van der Waals surface area contributed by atoms with Gasteiger partial charge in [0.25, 0.3) is 0 Å². The standard InChI is InChI=1S/C11H17N5O2/c1-7-10(16(17)18)11(12)15(13-7)9-3-5-14-4-2-8(9)6-14/h8-9H,2-6,12H2,1H3. The fourth-order valence-electron chi connectivity index (χ4n) is 3.29. The predicted octanol–water partition coefficient (Wildman–Crippen LogP) is 0.949. The van der Waals surface area contributed by atoms with Gasteiger partial charge < -0.3 is 10.6 Å². The van der Waals surface area contributed by atoms with Crippen LogP contribution in [0.2, 0.25) is 0 Å². The molecule has 7 heteroatoms. The summed E-state index contributed by atoms with van der Waals surface area (Å²) in [5.74, 6) is 0.739. The predicted molar refractivity (Wildman–Crippen MR) is 66.2 cm³/mol. The molecular weight excluding hydrogens is 234 g/mol. The van der Waals surface area contributed by atoms with Gasteiger partial charge in [-0.2, -0.15) is 5.10 Å². The highest BCUT2D eigenvalue weighted by Crippen LogP contribution is 2.38. The van der Waals surface area contributed by atoms with Gasteiger partial charge in [0.05, 0.1) is 11.0 Å². The maximum atomic E-state index is 11.0. The zero-order valence-corrected chi connectivity index (χ0v) is 10.4. The number of nitrogens with zero attached hydrogens (tertiary/aromatic N) is 4. The van der Waals surface area contributed by atoms with Crippen LogP contribution in [-0.2, 0) is 0 Å². The molecule has 98 valence electrons. The Labute approximate surface area is 105 Å². The molecule has 0 aromatic carbocycles. The average Bonchev–Trinajstić information content (AvgIpc) is 2.82. The Balaban J connectivity index is 1.97. The highest BCUT2D eigenvalue weighted by Gasteiger charge is 2.38. The van der Waals surface area contributed by atoms with E-state index in [1.54, 1.807) is 11.6 Å². The van der Waals surface area contributed by atoms with Gasteiger partial charge in [0, 0.05) is 13.1 Å². The van der Waals surface area contributed by atoms with E-state index in [4.69, 9.17) is 5.73 Å². The summed E-state index contributed by atoms with van der Waals surface area (Å²) in [6.07, 6.45) is 2.12. The van der Waals surface area contributed by atoms with E-state index in [1.807, 2.05) is 0 Å². The number of aryl methyl sites for hydroxylation is 1. The highest BCUT2D eigenvalue weighted by molar-refractivity contribution is 5.56. The van der Waals surface area contributed by atoms with Crippen molar-refractivity contribution in [3.05, 3.63) is 15.8 Å². The molecule has 3 unspecified atom stereocenters. The first-order valence-electron chi connectivity index (χ1n) is 6.29. The molecule has 0 amide bonds. The zero-order chi connectivity index (χ0) is 12.9. The molecule has 0 aliphatic carbocycles. The van der Waals surface area contributed by atoms with E-state index in [2.05, 4.69) is 10.00 Å². The molecule has 2 saturated heterocycles. The lowest BCUT2D eigenvalue weighted by molar-refractivity contribution is -0.384.